The van der Waals surface area contributed by atoms with Crippen molar-refractivity contribution < 1.29 is 27.5 Å². The third-order valence-corrected chi connectivity index (χ3v) is 7.41. The largest absolute Gasteiger partial charge is 0.467 e. The second-order valence-electron chi connectivity index (χ2n) is 8.14. The molecule has 1 aromatic heterocycles. The molecule has 1 aliphatic rings. The zero-order valence-corrected chi connectivity index (χ0v) is 19.2. The summed E-state index contributed by atoms with van der Waals surface area (Å²) in [6.07, 6.45) is 2.40. The number of carbonyl (C=O) groups is 2. The fraction of sp³-hybridized carbons (Fsp3) is 0.450. The Morgan fingerprint density at radius 1 is 1.26 bits per heavy atom. The predicted octanol–water partition coefficient (Wildman–Crippen LogP) is 2.85. The molecule has 1 saturated heterocycles. The maximum atomic E-state index is 13.3. The Labute approximate surface area is 185 Å². The summed E-state index contributed by atoms with van der Waals surface area (Å²) in [6.45, 7) is 4.84. The molecule has 1 amide bonds. The quantitative estimate of drug-likeness (QED) is 0.633. The summed E-state index contributed by atoms with van der Waals surface area (Å²) in [5.74, 6) is -0.705. The van der Waals surface area contributed by atoms with Gasteiger partial charge in [-0.15, -0.1) is 0 Å². The van der Waals surface area contributed by atoms with Crippen LogP contribution in [0.5, 0.6) is 0 Å². The highest BCUT2D eigenvalue weighted by Gasteiger charge is 2.47. The normalized spacial score (nSPS) is 19.3. The Kier molecular flexibility index (Phi) is 6.33. The summed E-state index contributed by atoms with van der Waals surface area (Å²) in [5, 5.41) is 3.08. The minimum atomic E-state index is -3.96. The maximum absolute atomic E-state index is 13.3. The molecule has 168 valence electrons. The second kappa shape index (κ2) is 8.51. The number of nitrogens with zero attached hydrogens (tertiary/aromatic N) is 3. The van der Waals surface area contributed by atoms with E-state index in [9.17, 15) is 18.0 Å². The Hall–Kier alpha value is -2.59. The number of likely N-dealkylation sites (tertiary alicyclic amines) is 1. The summed E-state index contributed by atoms with van der Waals surface area (Å²) in [6, 6.07) is 5.15. The van der Waals surface area contributed by atoms with Gasteiger partial charge in [-0.3, -0.25) is 4.90 Å². The highest BCUT2D eigenvalue weighted by Crippen LogP contribution is 2.33. The van der Waals surface area contributed by atoms with E-state index in [1.54, 1.807) is 50.0 Å². The molecule has 0 aliphatic carbocycles. The first-order valence-corrected chi connectivity index (χ1v) is 11.5. The van der Waals surface area contributed by atoms with Crippen LogP contribution in [-0.4, -0.2) is 65.7 Å². The molecule has 0 radical (unpaired) electrons. The van der Waals surface area contributed by atoms with Crippen molar-refractivity contribution >= 4 is 33.5 Å². The average molecular weight is 470 g/mol. The van der Waals surface area contributed by atoms with Crippen LogP contribution in [-0.2, 0) is 24.1 Å². The topological polar surface area (TPSA) is 108 Å². The number of methoxy groups -OCH3 is 1. The fourth-order valence-electron chi connectivity index (χ4n) is 3.37. The van der Waals surface area contributed by atoms with Crippen LogP contribution in [0.4, 0.5) is 4.79 Å². The van der Waals surface area contributed by atoms with Crippen molar-refractivity contribution in [3.05, 3.63) is 41.7 Å². The van der Waals surface area contributed by atoms with Crippen molar-refractivity contribution in [3.63, 3.8) is 0 Å². The van der Waals surface area contributed by atoms with Crippen molar-refractivity contribution in [2.24, 2.45) is 0 Å². The molecule has 0 spiro atoms. The van der Waals surface area contributed by atoms with Crippen molar-refractivity contribution in [1.82, 2.24) is 14.7 Å². The zero-order valence-electron chi connectivity index (χ0n) is 17.6. The van der Waals surface area contributed by atoms with E-state index < -0.39 is 38.8 Å². The first-order chi connectivity index (χ1) is 14.4. The lowest BCUT2D eigenvalue weighted by atomic mass is 10.2. The van der Waals surface area contributed by atoms with Gasteiger partial charge in [0.15, 0.2) is 9.84 Å². The standard InChI is InChI=1S/C20H24ClN3O6S/c1-20(2,3)30-19(26)23-12-14(11-16(23)18(25)29-4)31(27,28)17-7-6-13(10-15(17)21)24-9-5-8-22-24/h5-10,14,16H,11-12H2,1-4H3/t14-,16+/m1/s1. The number of ether oxygens (including phenoxy) is 2. The van der Waals surface area contributed by atoms with E-state index >= 15 is 0 Å². The molecule has 11 heteroatoms. The van der Waals surface area contributed by atoms with Crippen LogP contribution < -0.4 is 0 Å². The van der Waals surface area contributed by atoms with E-state index in [1.165, 1.54) is 19.2 Å². The van der Waals surface area contributed by atoms with Crippen LogP contribution in [0.1, 0.15) is 27.2 Å². The van der Waals surface area contributed by atoms with Gasteiger partial charge in [0.2, 0.25) is 0 Å². The van der Waals surface area contributed by atoms with Crippen LogP contribution in [0, 0.1) is 0 Å². The number of sulfone groups is 1. The minimum absolute atomic E-state index is 0.0262. The number of rotatable bonds is 4. The van der Waals surface area contributed by atoms with Gasteiger partial charge in [-0.1, -0.05) is 11.6 Å². The molecule has 31 heavy (non-hydrogen) atoms. The first kappa shape index (κ1) is 23.1. The molecule has 0 bridgehead atoms. The van der Waals surface area contributed by atoms with Crippen molar-refractivity contribution in [3.8, 4) is 5.69 Å². The number of hydrogen-bond donors (Lipinski definition) is 0. The molecule has 1 aliphatic heterocycles. The Morgan fingerprint density at radius 3 is 2.52 bits per heavy atom. The molecule has 9 nitrogen and oxygen atoms in total. The number of benzene rings is 1. The average Bonchev–Trinajstić information content (AvgIpc) is 3.36. The number of hydrogen-bond acceptors (Lipinski definition) is 7. The van der Waals surface area contributed by atoms with Crippen molar-refractivity contribution in [2.45, 2.75) is 49.0 Å². The summed E-state index contributed by atoms with van der Waals surface area (Å²) in [7, 11) is -2.78. The third kappa shape index (κ3) is 4.85. The Morgan fingerprint density at radius 2 is 1.97 bits per heavy atom. The highest BCUT2D eigenvalue weighted by atomic mass is 35.5. The van der Waals surface area contributed by atoms with E-state index in [2.05, 4.69) is 5.10 Å². The number of amides is 1. The van der Waals surface area contributed by atoms with Crippen LogP contribution in [0.15, 0.2) is 41.6 Å². The SMILES string of the molecule is COC(=O)[C@@H]1C[C@@H](S(=O)(=O)c2ccc(-n3cccn3)cc2Cl)CN1C(=O)OC(C)(C)C. The third-order valence-electron chi connectivity index (χ3n) is 4.79. The second-order valence-corrected chi connectivity index (χ2v) is 10.7. The number of esters is 1. The molecule has 2 atom stereocenters. The highest BCUT2D eigenvalue weighted by molar-refractivity contribution is 7.92. The van der Waals surface area contributed by atoms with Crippen molar-refractivity contribution in [2.75, 3.05) is 13.7 Å². The molecular weight excluding hydrogens is 446 g/mol. The predicted molar refractivity (Wildman–Crippen MR) is 113 cm³/mol. The molecular formula is C20H24ClN3O6S. The minimum Gasteiger partial charge on any atom is -0.467 e. The molecule has 2 aromatic rings. The number of carbonyl (C=O) groups excluding carboxylic acids is 2. The van der Waals surface area contributed by atoms with E-state index in [-0.39, 0.29) is 22.9 Å². The van der Waals surface area contributed by atoms with Gasteiger partial charge in [0.05, 0.1) is 28.0 Å². The molecule has 0 saturated carbocycles. The summed E-state index contributed by atoms with van der Waals surface area (Å²) in [5.41, 5.74) is -0.205. The lowest BCUT2D eigenvalue weighted by molar-refractivity contribution is -0.145. The molecule has 1 aromatic carbocycles. The molecule has 3 rings (SSSR count). The van der Waals surface area contributed by atoms with Crippen molar-refractivity contribution in [1.29, 1.82) is 0 Å². The van der Waals surface area contributed by atoms with Gasteiger partial charge in [0.1, 0.15) is 11.6 Å². The molecule has 0 N–H and O–H groups in total. The molecule has 0 unspecified atom stereocenters. The maximum Gasteiger partial charge on any atom is 0.411 e. The van der Waals surface area contributed by atoms with Gasteiger partial charge in [0.25, 0.3) is 0 Å². The number of halogens is 1. The van der Waals surface area contributed by atoms with E-state index in [4.69, 9.17) is 21.1 Å². The van der Waals surface area contributed by atoms with Gasteiger partial charge >= 0.3 is 12.1 Å². The van der Waals surface area contributed by atoms with Crippen LogP contribution in [0.3, 0.4) is 0 Å². The lowest BCUT2D eigenvalue weighted by Crippen LogP contribution is -2.44. The molecule has 1 fully saturated rings. The van der Waals surface area contributed by atoms with Gasteiger partial charge in [0, 0.05) is 18.9 Å². The van der Waals surface area contributed by atoms with Crippen LogP contribution in [0.25, 0.3) is 5.69 Å². The Balaban J connectivity index is 1.90. The Bertz CT molecular complexity index is 1080. The van der Waals surface area contributed by atoms with Crippen LogP contribution in [0.2, 0.25) is 5.02 Å². The fourth-order valence-corrected chi connectivity index (χ4v) is 5.61. The van der Waals surface area contributed by atoms with E-state index in [0.29, 0.717) is 5.69 Å². The smallest absolute Gasteiger partial charge is 0.411 e. The number of aromatic nitrogens is 2. The summed E-state index contributed by atoms with van der Waals surface area (Å²) in [4.78, 5) is 25.9. The monoisotopic (exact) mass is 469 g/mol. The van der Waals surface area contributed by atoms with Gasteiger partial charge in [-0.25, -0.2) is 22.7 Å². The van der Waals surface area contributed by atoms with Crippen LogP contribution >= 0.6 is 11.6 Å². The van der Waals surface area contributed by atoms with Gasteiger partial charge in [-0.05, 0) is 51.5 Å². The van der Waals surface area contributed by atoms with Gasteiger partial charge < -0.3 is 9.47 Å². The lowest BCUT2D eigenvalue weighted by Gasteiger charge is -2.27. The van der Waals surface area contributed by atoms with Gasteiger partial charge in [-0.2, -0.15) is 5.10 Å². The summed E-state index contributed by atoms with van der Waals surface area (Å²) < 4.78 is 38.3. The first-order valence-electron chi connectivity index (χ1n) is 9.55. The summed E-state index contributed by atoms with van der Waals surface area (Å²) >= 11 is 6.30. The van der Waals surface area contributed by atoms with E-state index in [1.807, 2.05) is 0 Å². The zero-order chi connectivity index (χ0) is 23.0. The molecule has 2 heterocycles. The van der Waals surface area contributed by atoms with E-state index in [0.717, 1.165) is 4.90 Å².